The number of benzene rings is 1. The second-order valence-corrected chi connectivity index (χ2v) is 6.44. The van der Waals surface area contributed by atoms with E-state index in [0.717, 1.165) is 11.3 Å². The van der Waals surface area contributed by atoms with Gasteiger partial charge in [0, 0.05) is 22.5 Å². The molecule has 0 fully saturated rings. The third kappa shape index (κ3) is 1.72. The third-order valence-electron chi connectivity index (χ3n) is 2.96. The number of carbonyl (C=O) groups is 1. The van der Waals surface area contributed by atoms with E-state index in [9.17, 15) is 4.79 Å². The first-order valence-corrected chi connectivity index (χ1v) is 7.00. The van der Waals surface area contributed by atoms with Crippen LogP contribution in [0.1, 0.15) is 10.4 Å². The van der Waals surface area contributed by atoms with E-state index in [1.807, 2.05) is 35.7 Å². The van der Waals surface area contributed by atoms with Crippen LogP contribution in [0, 0.1) is 0 Å². The van der Waals surface area contributed by atoms with Gasteiger partial charge < -0.3 is 5.32 Å². The zero-order valence-electron chi connectivity index (χ0n) is 8.94. The summed E-state index contributed by atoms with van der Waals surface area (Å²) in [7, 11) is 0. The second kappa shape index (κ2) is 3.96. The predicted molar refractivity (Wildman–Crippen MR) is 73.7 cm³/mol. The molecular formula is C13H10BrNOS. The van der Waals surface area contributed by atoms with Crippen molar-refractivity contribution in [2.24, 2.45) is 0 Å². The number of fused-ring (bicyclic) bond motifs is 1. The molecule has 0 aliphatic carbocycles. The van der Waals surface area contributed by atoms with Crippen LogP contribution >= 0.6 is 27.3 Å². The molecule has 1 aromatic carbocycles. The Morgan fingerprint density at radius 2 is 2.06 bits per heavy atom. The lowest BCUT2D eigenvalue weighted by molar-refractivity contribution is -0.117. The number of alkyl halides is 1. The fourth-order valence-electron chi connectivity index (χ4n) is 2.11. The first kappa shape index (κ1) is 11.0. The van der Waals surface area contributed by atoms with Crippen molar-refractivity contribution in [3.63, 3.8) is 0 Å². The lowest BCUT2D eigenvalue weighted by atomic mass is 9.96. The number of nitrogens with one attached hydrogen (secondary N) is 1. The molecular weight excluding hydrogens is 298 g/mol. The summed E-state index contributed by atoms with van der Waals surface area (Å²) in [4.78, 5) is 13.3. The van der Waals surface area contributed by atoms with Crippen LogP contribution in [0.4, 0.5) is 5.69 Å². The number of para-hydroxylation sites is 1. The first-order valence-electron chi connectivity index (χ1n) is 5.32. The summed E-state index contributed by atoms with van der Waals surface area (Å²) in [6, 6.07) is 11.9. The van der Waals surface area contributed by atoms with Crippen molar-refractivity contribution in [3.8, 4) is 0 Å². The summed E-state index contributed by atoms with van der Waals surface area (Å²) < 4.78 is -0.617. The zero-order valence-corrected chi connectivity index (χ0v) is 11.3. The zero-order chi connectivity index (χ0) is 11.9. The van der Waals surface area contributed by atoms with E-state index in [1.165, 1.54) is 4.88 Å². The summed E-state index contributed by atoms with van der Waals surface area (Å²) in [6.45, 7) is 0. The third-order valence-corrected chi connectivity index (χ3v) is 4.90. The van der Waals surface area contributed by atoms with Crippen molar-refractivity contribution >= 4 is 38.9 Å². The minimum absolute atomic E-state index is 0.0205. The maximum Gasteiger partial charge on any atom is 0.246 e. The quantitative estimate of drug-likeness (QED) is 0.845. The molecule has 1 amide bonds. The molecule has 1 aliphatic heterocycles. The second-order valence-electron chi connectivity index (χ2n) is 4.06. The smallest absolute Gasteiger partial charge is 0.246 e. The summed E-state index contributed by atoms with van der Waals surface area (Å²) in [5.41, 5.74) is 1.93. The van der Waals surface area contributed by atoms with E-state index >= 15 is 0 Å². The number of amides is 1. The number of rotatable bonds is 2. The largest absolute Gasteiger partial charge is 0.324 e. The van der Waals surface area contributed by atoms with Gasteiger partial charge in [-0.05, 0) is 17.5 Å². The van der Waals surface area contributed by atoms with Gasteiger partial charge >= 0.3 is 0 Å². The van der Waals surface area contributed by atoms with E-state index in [-0.39, 0.29) is 5.91 Å². The van der Waals surface area contributed by atoms with Crippen molar-refractivity contribution < 1.29 is 4.79 Å². The van der Waals surface area contributed by atoms with Gasteiger partial charge in [-0.2, -0.15) is 0 Å². The van der Waals surface area contributed by atoms with E-state index in [2.05, 4.69) is 27.3 Å². The van der Waals surface area contributed by atoms with Gasteiger partial charge in [-0.15, -0.1) is 11.3 Å². The average molecular weight is 308 g/mol. The molecule has 2 aromatic rings. The monoisotopic (exact) mass is 307 g/mol. The van der Waals surface area contributed by atoms with Crippen LogP contribution in [-0.2, 0) is 15.5 Å². The molecule has 0 saturated heterocycles. The maximum atomic E-state index is 12.1. The number of thiophene rings is 1. The molecule has 3 rings (SSSR count). The predicted octanol–water partition coefficient (Wildman–Crippen LogP) is 3.53. The van der Waals surface area contributed by atoms with Gasteiger partial charge in [0.25, 0.3) is 0 Å². The molecule has 1 unspecified atom stereocenters. The Morgan fingerprint density at radius 3 is 2.82 bits per heavy atom. The van der Waals surface area contributed by atoms with Crippen LogP contribution in [-0.4, -0.2) is 5.91 Å². The Bertz CT molecular complexity index is 567. The molecule has 2 heterocycles. The fourth-order valence-corrected chi connectivity index (χ4v) is 3.83. The number of anilines is 1. The van der Waals surface area contributed by atoms with E-state index in [0.29, 0.717) is 6.42 Å². The van der Waals surface area contributed by atoms with Gasteiger partial charge in [-0.3, -0.25) is 4.79 Å². The van der Waals surface area contributed by atoms with Crippen LogP contribution in [0.5, 0.6) is 0 Å². The highest BCUT2D eigenvalue weighted by Crippen LogP contribution is 2.45. The van der Waals surface area contributed by atoms with E-state index < -0.39 is 4.32 Å². The molecule has 4 heteroatoms. The Kier molecular flexibility index (Phi) is 2.56. The van der Waals surface area contributed by atoms with Gasteiger partial charge in [-0.25, -0.2) is 0 Å². The van der Waals surface area contributed by atoms with Gasteiger partial charge in [0.15, 0.2) is 0 Å². The molecule has 0 saturated carbocycles. The van der Waals surface area contributed by atoms with Crippen molar-refractivity contribution in [1.82, 2.24) is 0 Å². The van der Waals surface area contributed by atoms with Crippen LogP contribution in [0.25, 0.3) is 0 Å². The van der Waals surface area contributed by atoms with Crippen LogP contribution in [0.2, 0.25) is 0 Å². The molecule has 0 radical (unpaired) electrons. The first-order chi connectivity index (χ1) is 8.20. The fraction of sp³-hybridized carbons (Fsp3) is 0.154. The summed E-state index contributed by atoms with van der Waals surface area (Å²) in [5.74, 6) is 0.0205. The van der Waals surface area contributed by atoms with Crippen molar-refractivity contribution in [2.45, 2.75) is 10.7 Å². The number of hydrogen-bond acceptors (Lipinski definition) is 2. The Labute approximate surface area is 112 Å². The van der Waals surface area contributed by atoms with Crippen molar-refractivity contribution in [1.29, 1.82) is 0 Å². The summed E-state index contributed by atoms with van der Waals surface area (Å²) >= 11 is 5.30. The van der Waals surface area contributed by atoms with Crippen LogP contribution < -0.4 is 5.32 Å². The minimum atomic E-state index is -0.617. The van der Waals surface area contributed by atoms with Gasteiger partial charge in [0.1, 0.15) is 4.32 Å². The highest BCUT2D eigenvalue weighted by atomic mass is 79.9. The van der Waals surface area contributed by atoms with E-state index in [1.54, 1.807) is 11.3 Å². The summed E-state index contributed by atoms with van der Waals surface area (Å²) in [5, 5.41) is 4.95. The van der Waals surface area contributed by atoms with Gasteiger partial charge in [0.2, 0.25) is 5.91 Å². The SMILES string of the molecule is O=C1Nc2ccccc2C1(Br)Cc1cccs1. The molecule has 2 nitrogen and oxygen atoms in total. The van der Waals surface area contributed by atoms with E-state index in [4.69, 9.17) is 0 Å². The molecule has 1 atom stereocenters. The van der Waals surface area contributed by atoms with Crippen molar-refractivity contribution in [3.05, 3.63) is 52.2 Å². The van der Waals surface area contributed by atoms with Crippen molar-refractivity contribution in [2.75, 3.05) is 5.32 Å². The number of carbonyl (C=O) groups excluding carboxylic acids is 1. The standard InChI is InChI=1S/C13H10BrNOS/c14-13(8-9-4-3-7-17-9)10-5-1-2-6-11(10)15-12(13)16/h1-7H,8H2,(H,15,16). The molecule has 0 spiro atoms. The Balaban J connectivity index is 2.04. The van der Waals surface area contributed by atoms with Crippen LogP contribution in [0.3, 0.4) is 0 Å². The lowest BCUT2D eigenvalue weighted by Gasteiger charge is -2.18. The topological polar surface area (TPSA) is 29.1 Å². The number of hydrogen-bond donors (Lipinski definition) is 1. The van der Waals surface area contributed by atoms with Gasteiger partial charge in [0.05, 0.1) is 0 Å². The van der Waals surface area contributed by atoms with Gasteiger partial charge in [-0.1, -0.05) is 40.2 Å². The molecule has 86 valence electrons. The molecule has 1 N–H and O–H groups in total. The van der Waals surface area contributed by atoms with Crippen LogP contribution in [0.15, 0.2) is 41.8 Å². The minimum Gasteiger partial charge on any atom is -0.324 e. The average Bonchev–Trinajstić information content (AvgIpc) is 2.89. The Morgan fingerprint density at radius 1 is 1.24 bits per heavy atom. The Hall–Kier alpha value is -1.13. The highest BCUT2D eigenvalue weighted by molar-refractivity contribution is 9.10. The highest BCUT2D eigenvalue weighted by Gasteiger charge is 2.44. The molecule has 1 aromatic heterocycles. The normalized spacial score (nSPS) is 22.3. The lowest BCUT2D eigenvalue weighted by Crippen LogP contribution is -2.29. The molecule has 0 bridgehead atoms. The maximum absolute atomic E-state index is 12.1. The summed E-state index contributed by atoms with van der Waals surface area (Å²) in [6.07, 6.45) is 0.688. The number of halogens is 1. The molecule has 1 aliphatic rings. The molecule has 17 heavy (non-hydrogen) atoms.